The molecule has 1 aromatic rings. The van der Waals surface area contributed by atoms with Gasteiger partial charge < -0.3 is 10.4 Å². The maximum absolute atomic E-state index is 12.5. The molecule has 110 valence electrons. The molecule has 3 heteroatoms. The van der Waals surface area contributed by atoms with Gasteiger partial charge in [-0.15, -0.1) is 0 Å². The predicted molar refractivity (Wildman–Crippen MR) is 80.7 cm³/mol. The summed E-state index contributed by atoms with van der Waals surface area (Å²) in [6.07, 6.45) is 6.34. The van der Waals surface area contributed by atoms with Crippen molar-refractivity contribution in [2.45, 2.75) is 51.5 Å². The third kappa shape index (κ3) is 3.60. The molecule has 0 aliphatic heterocycles. The van der Waals surface area contributed by atoms with Crippen LogP contribution in [0.4, 0.5) is 0 Å². The van der Waals surface area contributed by atoms with Gasteiger partial charge in [0.15, 0.2) is 0 Å². The number of hydrogen-bond acceptors (Lipinski definition) is 2. The second kappa shape index (κ2) is 7.44. The van der Waals surface area contributed by atoms with E-state index in [9.17, 15) is 9.90 Å². The van der Waals surface area contributed by atoms with E-state index in [4.69, 9.17) is 0 Å². The Labute approximate surface area is 121 Å². The van der Waals surface area contributed by atoms with Crippen LogP contribution in [-0.4, -0.2) is 23.7 Å². The van der Waals surface area contributed by atoms with Crippen molar-refractivity contribution in [3.63, 3.8) is 0 Å². The molecule has 3 nitrogen and oxygen atoms in total. The molecule has 2 atom stereocenters. The van der Waals surface area contributed by atoms with Crippen LogP contribution >= 0.6 is 0 Å². The highest BCUT2D eigenvalue weighted by atomic mass is 16.3. The van der Waals surface area contributed by atoms with Gasteiger partial charge in [-0.2, -0.15) is 0 Å². The number of nitrogens with one attached hydrogen (secondary N) is 1. The molecule has 20 heavy (non-hydrogen) atoms. The molecule has 2 N–H and O–H groups in total. The minimum Gasteiger partial charge on any atom is -0.396 e. The highest BCUT2D eigenvalue weighted by molar-refractivity contribution is 5.95. The lowest BCUT2D eigenvalue weighted by Gasteiger charge is -2.25. The third-order valence-electron chi connectivity index (χ3n) is 4.35. The molecule has 1 saturated carbocycles. The van der Waals surface area contributed by atoms with Gasteiger partial charge in [-0.05, 0) is 30.9 Å². The van der Waals surface area contributed by atoms with Crippen LogP contribution in [0.3, 0.4) is 0 Å². The van der Waals surface area contributed by atoms with Gasteiger partial charge in [0.25, 0.3) is 5.91 Å². The molecule has 0 saturated heterocycles. The van der Waals surface area contributed by atoms with E-state index in [2.05, 4.69) is 12.2 Å². The van der Waals surface area contributed by atoms with E-state index < -0.39 is 0 Å². The lowest BCUT2D eigenvalue weighted by atomic mass is 9.95. The molecule has 0 radical (unpaired) electrons. The minimum atomic E-state index is 0.00722. The Morgan fingerprint density at radius 2 is 2.00 bits per heavy atom. The zero-order valence-electron chi connectivity index (χ0n) is 12.3. The lowest BCUT2D eigenvalue weighted by Crippen LogP contribution is -2.41. The second-order valence-corrected chi connectivity index (χ2v) is 5.67. The summed E-state index contributed by atoms with van der Waals surface area (Å²) in [5.74, 6) is 0.211. The summed E-state index contributed by atoms with van der Waals surface area (Å²) in [7, 11) is 0. The van der Waals surface area contributed by atoms with E-state index in [0.717, 1.165) is 43.2 Å². The average molecular weight is 275 g/mol. The number of benzene rings is 1. The Morgan fingerprint density at radius 3 is 2.75 bits per heavy atom. The topological polar surface area (TPSA) is 49.3 Å². The zero-order chi connectivity index (χ0) is 14.4. The summed E-state index contributed by atoms with van der Waals surface area (Å²) in [5.41, 5.74) is 1.86. The first-order chi connectivity index (χ1) is 9.76. The van der Waals surface area contributed by atoms with Gasteiger partial charge in [0.05, 0.1) is 0 Å². The first kappa shape index (κ1) is 15.0. The third-order valence-corrected chi connectivity index (χ3v) is 4.35. The summed E-state index contributed by atoms with van der Waals surface area (Å²) >= 11 is 0. The largest absolute Gasteiger partial charge is 0.396 e. The van der Waals surface area contributed by atoms with Gasteiger partial charge in [-0.3, -0.25) is 4.79 Å². The molecule has 1 aliphatic rings. The van der Waals surface area contributed by atoms with E-state index in [1.807, 2.05) is 24.3 Å². The fourth-order valence-corrected chi connectivity index (χ4v) is 3.09. The highest BCUT2D eigenvalue weighted by Gasteiger charge is 2.25. The van der Waals surface area contributed by atoms with E-state index in [1.165, 1.54) is 6.42 Å². The van der Waals surface area contributed by atoms with Crippen LogP contribution in [0, 0.1) is 5.92 Å². The number of aliphatic hydroxyl groups excluding tert-OH is 1. The number of aliphatic hydroxyl groups is 1. The van der Waals surface area contributed by atoms with Gasteiger partial charge in [0.2, 0.25) is 0 Å². The van der Waals surface area contributed by atoms with Crippen molar-refractivity contribution in [1.82, 2.24) is 5.32 Å². The molecule has 2 unspecified atom stereocenters. The van der Waals surface area contributed by atoms with E-state index in [-0.39, 0.29) is 24.5 Å². The number of rotatable bonds is 4. The van der Waals surface area contributed by atoms with Crippen LogP contribution in [0.1, 0.15) is 54.9 Å². The minimum absolute atomic E-state index is 0.00722. The molecule has 0 bridgehead atoms. The molecular weight excluding hydrogens is 250 g/mol. The van der Waals surface area contributed by atoms with Gasteiger partial charge in [0.1, 0.15) is 0 Å². The fourth-order valence-electron chi connectivity index (χ4n) is 3.09. The summed E-state index contributed by atoms with van der Waals surface area (Å²) in [5, 5.41) is 12.7. The molecule has 1 aliphatic carbocycles. The normalized spacial score (nSPS) is 23.1. The standard InChI is InChI=1S/C17H25NO2/c1-2-13-8-6-7-10-15(13)17(20)18-16-11-5-3-4-9-14(16)12-19/h6-8,10,14,16,19H,2-5,9,11-12H2,1H3,(H,18,20). The number of aryl methyl sites for hydroxylation is 1. The maximum Gasteiger partial charge on any atom is 0.251 e. The van der Waals surface area contributed by atoms with Crippen molar-refractivity contribution in [2.75, 3.05) is 6.61 Å². The quantitative estimate of drug-likeness (QED) is 0.830. The van der Waals surface area contributed by atoms with E-state index >= 15 is 0 Å². The zero-order valence-corrected chi connectivity index (χ0v) is 12.3. The van der Waals surface area contributed by atoms with Crippen molar-refractivity contribution in [2.24, 2.45) is 5.92 Å². The highest BCUT2D eigenvalue weighted by Crippen LogP contribution is 2.23. The molecule has 1 fully saturated rings. The molecule has 1 amide bonds. The Bertz CT molecular complexity index is 444. The lowest BCUT2D eigenvalue weighted by molar-refractivity contribution is 0.0898. The predicted octanol–water partition coefficient (Wildman–Crippen LogP) is 2.92. The van der Waals surface area contributed by atoms with Crippen LogP contribution in [0.15, 0.2) is 24.3 Å². The Kier molecular flexibility index (Phi) is 5.60. The molecule has 2 rings (SSSR count). The second-order valence-electron chi connectivity index (χ2n) is 5.67. The first-order valence-electron chi connectivity index (χ1n) is 7.76. The monoisotopic (exact) mass is 275 g/mol. The smallest absolute Gasteiger partial charge is 0.251 e. The molecule has 0 heterocycles. The first-order valence-corrected chi connectivity index (χ1v) is 7.76. The number of amides is 1. The van der Waals surface area contributed by atoms with Crippen LogP contribution in [0.5, 0.6) is 0 Å². The fraction of sp³-hybridized carbons (Fsp3) is 0.588. The van der Waals surface area contributed by atoms with Crippen molar-refractivity contribution in [1.29, 1.82) is 0 Å². The van der Waals surface area contributed by atoms with Crippen molar-refractivity contribution >= 4 is 5.91 Å². The van der Waals surface area contributed by atoms with Crippen LogP contribution in [0.25, 0.3) is 0 Å². The van der Waals surface area contributed by atoms with Gasteiger partial charge in [-0.25, -0.2) is 0 Å². The van der Waals surface area contributed by atoms with Crippen LogP contribution in [-0.2, 0) is 6.42 Å². The van der Waals surface area contributed by atoms with Crippen molar-refractivity contribution in [3.8, 4) is 0 Å². The maximum atomic E-state index is 12.5. The van der Waals surface area contributed by atoms with Gasteiger partial charge in [-0.1, -0.05) is 44.4 Å². The van der Waals surface area contributed by atoms with Crippen molar-refractivity contribution in [3.05, 3.63) is 35.4 Å². The molecular formula is C17H25NO2. The molecule has 0 aromatic heterocycles. The summed E-state index contributed by atoms with van der Waals surface area (Å²) in [6.45, 7) is 2.23. The SMILES string of the molecule is CCc1ccccc1C(=O)NC1CCCCCC1CO. The molecule has 1 aromatic carbocycles. The van der Waals surface area contributed by atoms with Crippen LogP contribution < -0.4 is 5.32 Å². The Morgan fingerprint density at radius 1 is 1.25 bits per heavy atom. The number of hydrogen-bond donors (Lipinski definition) is 2. The van der Waals surface area contributed by atoms with E-state index in [0.29, 0.717) is 0 Å². The number of carbonyl (C=O) groups excluding carboxylic acids is 1. The van der Waals surface area contributed by atoms with E-state index in [1.54, 1.807) is 0 Å². The summed E-state index contributed by atoms with van der Waals surface area (Å²) < 4.78 is 0. The molecule has 0 spiro atoms. The number of carbonyl (C=O) groups is 1. The Hall–Kier alpha value is -1.35. The summed E-state index contributed by atoms with van der Waals surface area (Å²) in [4.78, 5) is 12.5. The van der Waals surface area contributed by atoms with Gasteiger partial charge in [0, 0.05) is 24.1 Å². The average Bonchev–Trinajstić information content (AvgIpc) is 2.72. The Balaban J connectivity index is 2.09. The summed E-state index contributed by atoms with van der Waals surface area (Å²) in [6, 6.07) is 7.88. The van der Waals surface area contributed by atoms with Gasteiger partial charge >= 0.3 is 0 Å². The van der Waals surface area contributed by atoms with Crippen LogP contribution in [0.2, 0.25) is 0 Å². The van der Waals surface area contributed by atoms with Crippen molar-refractivity contribution < 1.29 is 9.90 Å².